The predicted octanol–water partition coefficient (Wildman–Crippen LogP) is 11.0. The molecule has 0 amide bonds. The number of ether oxygens (including phenoxy) is 2. The molecule has 0 radical (unpaired) electrons. The summed E-state index contributed by atoms with van der Waals surface area (Å²) in [6, 6.07) is 46.3. The monoisotopic (exact) mass is 616 g/mol. The summed E-state index contributed by atoms with van der Waals surface area (Å²) >= 11 is 0. The maximum atomic E-state index is 6.47. The average molecular weight is 617 g/mol. The second kappa shape index (κ2) is 12.0. The molecule has 4 nitrogen and oxygen atoms in total. The van der Waals surface area contributed by atoms with E-state index in [1.807, 2.05) is 48.5 Å². The van der Waals surface area contributed by atoms with Crippen molar-refractivity contribution in [1.82, 2.24) is 0 Å². The Hall–Kier alpha value is -5.48. The number of hydrogen-bond donors (Lipinski definition) is 2. The molecule has 0 fully saturated rings. The molecule has 47 heavy (non-hydrogen) atoms. The van der Waals surface area contributed by atoms with Crippen molar-refractivity contribution in [3.63, 3.8) is 0 Å². The first-order valence-corrected chi connectivity index (χ1v) is 16.3. The van der Waals surface area contributed by atoms with Gasteiger partial charge in [0, 0.05) is 11.4 Å². The average Bonchev–Trinajstić information content (AvgIpc) is 3.38. The molecule has 1 aliphatic carbocycles. The lowest BCUT2D eigenvalue weighted by Gasteiger charge is -2.35. The molecule has 0 saturated carbocycles. The minimum Gasteiger partial charge on any atom is -0.457 e. The Balaban J connectivity index is 1.45. The van der Waals surface area contributed by atoms with Crippen LogP contribution < -0.4 is 20.9 Å². The van der Waals surface area contributed by atoms with Gasteiger partial charge in [-0.2, -0.15) is 0 Å². The van der Waals surface area contributed by atoms with E-state index in [0.29, 0.717) is 11.4 Å². The number of hydrogen-bond acceptors (Lipinski definition) is 4. The van der Waals surface area contributed by atoms with Crippen LogP contribution in [0.15, 0.2) is 133 Å². The van der Waals surface area contributed by atoms with Crippen molar-refractivity contribution in [3.05, 3.63) is 167 Å². The van der Waals surface area contributed by atoms with Crippen molar-refractivity contribution in [3.8, 4) is 34.1 Å². The maximum absolute atomic E-state index is 6.47. The molecule has 0 spiro atoms. The highest BCUT2D eigenvalue weighted by Crippen LogP contribution is 2.57. The van der Waals surface area contributed by atoms with Gasteiger partial charge in [-0.25, -0.2) is 0 Å². The van der Waals surface area contributed by atoms with Gasteiger partial charge in [0.05, 0.1) is 5.41 Å². The number of nitrogen functional groups attached to an aromatic ring is 2. The van der Waals surface area contributed by atoms with Crippen LogP contribution in [0.4, 0.5) is 11.4 Å². The zero-order valence-electron chi connectivity index (χ0n) is 27.3. The lowest BCUT2D eigenvalue weighted by Crippen LogP contribution is -2.29. The third kappa shape index (κ3) is 5.30. The van der Waals surface area contributed by atoms with E-state index in [4.69, 9.17) is 20.9 Å². The molecule has 0 atom stereocenters. The lowest BCUT2D eigenvalue weighted by molar-refractivity contribution is 0.472. The summed E-state index contributed by atoms with van der Waals surface area (Å²) < 4.78 is 12.9. The molecule has 0 unspecified atom stereocenters. The number of rotatable bonds is 8. The van der Waals surface area contributed by atoms with Crippen LogP contribution in [0.25, 0.3) is 11.1 Å². The number of benzene rings is 6. The minimum atomic E-state index is -0.556. The molecule has 6 aromatic carbocycles. The fourth-order valence-corrected chi connectivity index (χ4v) is 7.00. The van der Waals surface area contributed by atoms with Gasteiger partial charge in [0.1, 0.15) is 23.0 Å². The quantitative estimate of drug-likeness (QED) is 0.167. The molecule has 0 heterocycles. The van der Waals surface area contributed by atoms with Gasteiger partial charge in [-0.1, -0.05) is 100 Å². The van der Waals surface area contributed by atoms with E-state index >= 15 is 0 Å². The molecule has 0 bridgehead atoms. The Kier molecular flexibility index (Phi) is 7.73. The zero-order chi connectivity index (χ0) is 32.7. The fourth-order valence-electron chi connectivity index (χ4n) is 7.00. The molecule has 0 aromatic heterocycles. The van der Waals surface area contributed by atoms with E-state index in [1.54, 1.807) is 0 Å². The molecule has 234 valence electrons. The first-order chi connectivity index (χ1) is 22.8. The first kappa shape index (κ1) is 30.2. The van der Waals surface area contributed by atoms with Crippen LogP contribution >= 0.6 is 0 Å². The van der Waals surface area contributed by atoms with Crippen LogP contribution in [0.2, 0.25) is 0 Å². The molecule has 0 saturated heterocycles. The third-order valence-corrected chi connectivity index (χ3v) is 9.30. The first-order valence-electron chi connectivity index (χ1n) is 16.3. The molecule has 4 N–H and O–H groups in total. The lowest BCUT2D eigenvalue weighted by atomic mass is 9.66. The third-order valence-electron chi connectivity index (χ3n) is 9.30. The van der Waals surface area contributed by atoms with Gasteiger partial charge in [0.25, 0.3) is 0 Å². The smallest absolute Gasteiger partial charge is 0.130 e. The highest BCUT2D eigenvalue weighted by atomic mass is 16.5. The Morgan fingerprint density at radius 2 is 0.851 bits per heavy atom. The highest BCUT2D eigenvalue weighted by molar-refractivity contribution is 5.86. The van der Waals surface area contributed by atoms with Crippen LogP contribution in [-0.4, -0.2) is 0 Å². The van der Waals surface area contributed by atoms with Gasteiger partial charge in [0.15, 0.2) is 0 Å². The number of anilines is 2. The minimum absolute atomic E-state index is 0.226. The van der Waals surface area contributed by atoms with Gasteiger partial charge in [-0.05, 0) is 117 Å². The fraction of sp³-hybridized carbons (Fsp3) is 0.163. The summed E-state index contributed by atoms with van der Waals surface area (Å²) in [4.78, 5) is 0. The van der Waals surface area contributed by atoms with E-state index in [0.717, 1.165) is 34.1 Å². The van der Waals surface area contributed by atoms with Crippen molar-refractivity contribution in [2.75, 3.05) is 11.5 Å². The summed E-state index contributed by atoms with van der Waals surface area (Å²) in [7, 11) is 0. The summed E-state index contributed by atoms with van der Waals surface area (Å²) in [5.41, 5.74) is 22.5. The summed E-state index contributed by atoms with van der Waals surface area (Å²) in [5.74, 6) is 3.67. The van der Waals surface area contributed by atoms with Crippen molar-refractivity contribution in [2.45, 2.75) is 44.9 Å². The molecule has 0 aliphatic heterocycles. The van der Waals surface area contributed by atoms with Gasteiger partial charge in [-0.3, -0.25) is 0 Å². The SMILES string of the molecule is CC(C)c1cc(C2(c3ccc(Oc4ccc(N)cc4)c(C(C)C)c3)c3ccccc3-c3ccccc32)ccc1Oc1ccc(N)cc1. The van der Waals surface area contributed by atoms with Gasteiger partial charge in [0.2, 0.25) is 0 Å². The highest BCUT2D eigenvalue weighted by Gasteiger charge is 2.46. The van der Waals surface area contributed by atoms with E-state index in [2.05, 4.69) is 113 Å². The molecule has 4 heteroatoms. The predicted molar refractivity (Wildman–Crippen MR) is 194 cm³/mol. The topological polar surface area (TPSA) is 70.5 Å². The van der Waals surface area contributed by atoms with Crippen molar-refractivity contribution >= 4 is 11.4 Å². The Morgan fingerprint density at radius 3 is 1.23 bits per heavy atom. The van der Waals surface area contributed by atoms with E-state index in [-0.39, 0.29) is 11.8 Å². The number of fused-ring (bicyclic) bond motifs is 3. The van der Waals surface area contributed by atoms with Crippen LogP contribution in [-0.2, 0) is 5.41 Å². The molecule has 1 aliphatic rings. The largest absolute Gasteiger partial charge is 0.457 e. The maximum Gasteiger partial charge on any atom is 0.130 e. The Labute approximate surface area is 277 Å². The summed E-state index contributed by atoms with van der Waals surface area (Å²) in [6.45, 7) is 8.88. The van der Waals surface area contributed by atoms with E-state index in [9.17, 15) is 0 Å². The van der Waals surface area contributed by atoms with Crippen LogP contribution in [0.5, 0.6) is 23.0 Å². The van der Waals surface area contributed by atoms with Crippen molar-refractivity contribution < 1.29 is 9.47 Å². The molecular weight excluding hydrogens is 576 g/mol. The van der Waals surface area contributed by atoms with E-state index in [1.165, 1.54) is 33.4 Å². The Bertz CT molecular complexity index is 1910. The molecular formula is C43H40N2O2. The van der Waals surface area contributed by atoms with Gasteiger partial charge in [-0.15, -0.1) is 0 Å². The normalized spacial score (nSPS) is 13.0. The van der Waals surface area contributed by atoms with Gasteiger partial charge < -0.3 is 20.9 Å². The van der Waals surface area contributed by atoms with Crippen molar-refractivity contribution in [2.24, 2.45) is 0 Å². The standard InChI is InChI=1S/C43H40N2O2/c1-27(2)37-25-29(13-23-41(37)46-33-19-15-31(44)16-20-33)43(39-11-7-5-9-35(39)36-10-6-8-12-40(36)43)30-14-24-42(38(26-30)28(3)4)47-34-21-17-32(45)18-22-34/h5-28H,44-45H2,1-4H3. The molecule has 7 rings (SSSR count). The van der Waals surface area contributed by atoms with Crippen molar-refractivity contribution in [1.29, 1.82) is 0 Å². The Morgan fingerprint density at radius 1 is 0.468 bits per heavy atom. The van der Waals surface area contributed by atoms with E-state index < -0.39 is 5.41 Å². The van der Waals surface area contributed by atoms with Crippen LogP contribution in [0, 0.1) is 0 Å². The second-order valence-corrected chi connectivity index (χ2v) is 13.0. The summed E-state index contributed by atoms with van der Waals surface area (Å²) in [5, 5.41) is 0. The van der Waals surface area contributed by atoms with Crippen LogP contribution in [0.3, 0.4) is 0 Å². The molecule has 6 aromatic rings. The summed E-state index contributed by atoms with van der Waals surface area (Å²) in [6.07, 6.45) is 0. The number of nitrogens with two attached hydrogens (primary N) is 2. The van der Waals surface area contributed by atoms with Crippen LogP contribution in [0.1, 0.15) is 72.9 Å². The van der Waals surface area contributed by atoms with Gasteiger partial charge >= 0.3 is 0 Å². The zero-order valence-corrected chi connectivity index (χ0v) is 27.3. The second-order valence-electron chi connectivity index (χ2n) is 13.0.